The van der Waals surface area contributed by atoms with E-state index >= 15 is 0 Å². The number of hydrogen-bond acceptors (Lipinski definition) is 3. The van der Waals surface area contributed by atoms with E-state index in [2.05, 4.69) is 10.2 Å². The van der Waals surface area contributed by atoms with Crippen LogP contribution < -0.4 is 4.74 Å². The highest BCUT2D eigenvalue weighted by Crippen LogP contribution is 2.26. The van der Waals surface area contributed by atoms with E-state index in [0.29, 0.717) is 15.8 Å². The van der Waals surface area contributed by atoms with Gasteiger partial charge in [-0.2, -0.15) is 5.10 Å². The molecule has 0 fully saturated rings. The molecule has 0 radical (unpaired) electrons. The Hall–Kier alpha value is -1.46. The van der Waals surface area contributed by atoms with Crippen LogP contribution in [0.5, 0.6) is 5.75 Å². The van der Waals surface area contributed by atoms with Gasteiger partial charge in [0.25, 0.3) is 0 Å². The van der Waals surface area contributed by atoms with Gasteiger partial charge in [0.1, 0.15) is 9.79 Å². The zero-order valence-corrected chi connectivity index (χ0v) is 10.4. The lowest BCUT2D eigenvalue weighted by atomic mass is 10.1. The average Bonchev–Trinajstić information content (AvgIpc) is 2.32. The van der Waals surface area contributed by atoms with Crippen molar-refractivity contribution in [2.75, 3.05) is 7.11 Å². The number of aromatic nitrogens is 2. The smallest absolute Gasteiger partial charge is 0.165 e. The SMILES string of the molecule is COc1ccc(-c2cc(Cl)n[nH]c2=S)cc1F. The predicted molar refractivity (Wildman–Crippen MR) is 66.4 cm³/mol. The van der Waals surface area contributed by atoms with E-state index in [1.165, 1.54) is 19.2 Å². The van der Waals surface area contributed by atoms with Gasteiger partial charge >= 0.3 is 0 Å². The van der Waals surface area contributed by atoms with Crippen molar-refractivity contribution in [1.82, 2.24) is 10.2 Å². The molecule has 88 valence electrons. The molecule has 2 rings (SSSR count). The number of aromatic amines is 1. The van der Waals surface area contributed by atoms with Gasteiger partial charge in [-0.1, -0.05) is 29.9 Å². The molecule has 0 amide bonds. The molecule has 1 N–H and O–H groups in total. The minimum absolute atomic E-state index is 0.184. The van der Waals surface area contributed by atoms with Crippen LogP contribution in [0.1, 0.15) is 0 Å². The summed E-state index contributed by atoms with van der Waals surface area (Å²) in [7, 11) is 1.41. The highest BCUT2D eigenvalue weighted by Gasteiger charge is 2.07. The Labute approximate surface area is 107 Å². The Bertz CT molecular complexity index is 615. The number of nitrogens with one attached hydrogen (secondary N) is 1. The fourth-order valence-corrected chi connectivity index (χ4v) is 1.80. The lowest BCUT2D eigenvalue weighted by Crippen LogP contribution is -1.91. The van der Waals surface area contributed by atoms with Gasteiger partial charge in [-0.15, -0.1) is 0 Å². The summed E-state index contributed by atoms with van der Waals surface area (Å²) in [6.45, 7) is 0. The Morgan fingerprint density at radius 1 is 1.41 bits per heavy atom. The maximum Gasteiger partial charge on any atom is 0.165 e. The van der Waals surface area contributed by atoms with Gasteiger partial charge in [0.15, 0.2) is 11.6 Å². The zero-order valence-electron chi connectivity index (χ0n) is 8.83. The van der Waals surface area contributed by atoms with E-state index in [1.54, 1.807) is 12.1 Å². The maximum absolute atomic E-state index is 13.6. The first kappa shape index (κ1) is 12.0. The van der Waals surface area contributed by atoms with Crippen molar-refractivity contribution < 1.29 is 9.13 Å². The van der Waals surface area contributed by atoms with Crippen LogP contribution in [0.4, 0.5) is 4.39 Å². The quantitative estimate of drug-likeness (QED) is 0.847. The Balaban J connectivity index is 2.57. The van der Waals surface area contributed by atoms with Crippen LogP contribution in [0.2, 0.25) is 5.15 Å². The second-order valence-corrected chi connectivity index (χ2v) is 4.08. The van der Waals surface area contributed by atoms with Crippen molar-refractivity contribution in [2.24, 2.45) is 0 Å². The lowest BCUT2D eigenvalue weighted by molar-refractivity contribution is 0.386. The normalized spacial score (nSPS) is 10.3. The van der Waals surface area contributed by atoms with Gasteiger partial charge in [-0.3, -0.25) is 5.10 Å². The van der Waals surface area contributed by atoms with Crippen molar-refractivity contribution in [3.63, 3.8) is 0 Å². The summed E-state index contributed by atoms with van der Waals surface area (Å²) in [6.07, 6.45) is 0. The van der Waals surface area contributed by atoms with Gasteiger partial charge < -0.3 is 4.74 Å². The van der Waals surface area contributed by atoms with Gasteiger partial charge in [0, 0.05) is 5.56 Å². The molecule has 0 aliphatic rings. The van der Waals surface area contributed by atoms with Crippen LogP contribution in [-0.4, -0.2) is 17.3 Å². The molecular weight excluding hydrogens is 263 g/mol. The van der Waals surface area contributed by atoms with Crippen molar-refractivity contribution in [1.29, 1.82) is 0 Å². The molecule has 1 heterocycles. The number of benzene rings is 1. The number of nitrogens with zero attached hydrogens (tertiary/aromatic N) is 1. The topological polar surface area (TPSA) is 37.9 Å². The van der Waals surface area contributed by atoms with E-state index < -0.39 is 5.82 Å². The third-order valence-electron chi connectivity index (χ3n) is 2.24. The van der Waals surface area contributed by atoms with Crippen LogP contribution in [0.3, 0.4) is 0 Å². The first-order chi connectivity index (χ1) is 8.11. The van der Waals surface area contributed by atoms with Crippen molar-refractivity contribution >= 4 is 23.8 Å². The highest BCUT2D eigenvalue weighted by atomic mass is 35.5. The minimum atomic E-state index is -0.452. The predicted octanol–water partition coefficient (Wildman–Crippen LogP) is 3.61. The van der Waals surface area contributed by atoms with Crippen molar-refractivity contribution in [3.8, 4) is 16.9 Å². The Morgan fingerprint density at radius 3 is 2.82 bits per heavy atom. The minimum Gasteiger partial charge on any atom is -0.494 e. The summed E-state index contributed by atoms with van der Waals surface area (Å²) in [5, 5.41) is 6.60. The third-order valence-corrected chi connectivity index (χ3v) is 2.74. The summed E-state index contributed by atoms with van der Waals surface area (Å²) in [6, 6.07) is 6.17. The zero-order chi connectivity index (χ0) is 12.4. The number of hydrogen-bond donors (Lipinski definition) is 1. The Morgan fingerprint density at radius 2 is 2.18 bits per heavy atom. The summed E-state index contributed by atoms with van der Waals surface area (Å²) >= 11 is 10.8. The van der Waals surface area contributed by atoms with Crippen LogP contribution in [0.15, 0.2) is 24.3 Å². The van der Waals surface area contributed by atoms with Gasteiger partial charge in [-0.25, -0.2) is 4.39 Å². The second-order valence-electron chi connectivity index (χ2n) is 3.28. The van der Waals surface area contributed by atoms with E-state index in [9.17, 15) is 4.39 Å². The largest absolute Gasteiger partial charge is 0.494 e. The highest BCUT2D eigenvalue weighted by molar-refractivity contribution is 7.71. The molecule has 0 saturated heterocycles. The van der Waals surface area contributed by atoms with Crippen molar-refractivity contribution in [3.05, 3.63) is 39.9 Å². The molecule has 1 aromatic carbocycles. The Kier molecular flexibility index (Phi) is 3.40. The lowest BCUT2D eigenvalue weighted by Gasteiger charge is -2.05. The summed E-state index contributed by atoms with van der Waals surface area (Å²) in [4.78, 5) is 0. The molecule has 0 spiro atoms. The second kappa shape index (κ2) is 4.81. The van der Waals surface area contributed by atoms with Crippen LogP contribution >= 0.6 is 23.8 Å². The molecule has 1 aromatic heterocycles. The molecule has 0 bridgehead atoms. The average molecular weight is 271 g/mol. The molecule has 0 aliphatic carbocycles. The molecule has 6 heteroatoms. The molecule has 0 saturated carbocycles. The van der Waals surface area contributed by atoms with Crippen LogP contribution in [-0.2, 0) is 0 Å². The number of halogens is 2. The van der Waals surface area contributed by atoms with Gasteiger partial charge in [-0.05, 0) is 23.8 Å². The fourth-order valence-electron chi connectivity index (χ4n) is 1.43. The van der Waals surface area contributed by atoms with E-state index in [4.69, 9.17) is 28.6 Å². The van der Waals surface area contributed by atoms with Gasteiger partial charge in [0.05, 0.1) is 7.11 Å². The molecular formula is C11H8ClFN2OS. The first-order valence-electron chi connectivity index (χ1n) is 4.71. The summed E-state index contributed by atoms with van der Waals surface area (Å²) in [5.41, 5.74) is 1.25. The summed E-state index contributed by atoms with van der Waals surface area (Å²) in [5.74, 6) is -0.267. The van der Waals surface area contributed by atoms with E-state index in [-0.39, 0.29) is 10.9 Å². The molecule has 17 heavy (non-hydrogen) atoms. The van der Waals surface area contributed by atoms with E-state index in [0.717, 1.165) is 0 Å². The molecule has 0 aliphatic heterocycles. The number of rotatable bonds is 2. The first-order valence-corrected chi connectivity index (χ1v) is 5.49. The van der Waals surface area contributed by atoms with E-state index in [1.807, 2.05) is 0 Å². The van der Waals surface area contributed by atoms with Crippen LogP contribution in [0.25, 0.3) is 11.1 Å². The number of H-pyrrole nitrogens is 1. The summed E-state index contributed by atoms with van der Waals surface area (Å²) < 4.78 is 18.8. The van der Waals surface area contributed by atoms with Crippen molar-refractivity contribution in [2.45, 2.75) is 0 Å². The molecule has 2 aromatic rings. The van der Waals surface area contributed by atoms with Gasteiger partial charge in [0.2, 0.25) is 0 Å². The number of ether oxygens (including phenoxy) is 1. The number of methoxy groups -OCH3 is 1. The third kappa shape index (κ3) is 2.45. The monoisotopic (exact) mass is 270 g/mol. The standard InChI is InChI=1S/C11H8ClFN2OS/c1-16-9-3-2-6(4-8(9)13)7-5-10(12)14-15-11(7)17/h2-5H,1H3,(H,15,17). The van der Waals surface area contributed by atoms with Crippen LogP contribution in [0, 0.1) is 10.5 Å². The fraction of sp³-hybridized carbons (Fsp3) is 0.0909. The maximum atomic E-state index is 13.6. The molecule has 0 atom stereocenters. The molecule has 3 nitrogen and oxygen atoms in total. The molecule has 0 unspecified atom stereocenters.